The molecule has 0 fully saturated rings. The normalized spacial score (nSPS) is 13.9. The molecular weight excluding hydrogens is 326 g/mol. The Morgan fingerprint density at radius 1 is 1.35 bits per heavy atom. The second-order valence-electron chi connectivity index (χ2n) is 3.79. The van der Waals surface area contributed by atoms with Gasteiger partial charge in [0.1, 0.15) is 5.82 Å². The van der Waals surface area contributed by atoms with Crippen LogP contribution in [0, 0.1) is 5.82 Å². The fourth-order valence-corrected chi connectivity index (χ4v) is 2.11. The average molecular weight is 334 g/mol. The molecule has 1 aromatic carbocycles. The number of nitrogens with one attached hydrogen (secondary N) is 1. The van der Waals surface area contributed by atoms with E-state index in [2.05, 4.69) is 0 Å². The van der Waals surface area contributed by atoms with Crippen LogP contribution < -0.4 is 4.72 Å². The molecule has 0 bridgehead atoms. The average Bonchev–Trinajstić information content (AvgIpc) is 2.29. The van der Waals surface area contributed by atoms with Crippen LogP contribution in [0.2, 0.25) is 5.02 Å². The molecule has 1 unspecified atom stereocenters. The Labute approximate surface area is 116 Å². The Morgan fingerprint density at radius 2 is 1.90 bits per heavy atom. The van der Waals surface area contributed by atoms with E-state index in [0.717, 1.165) is 12.1 Å². The van der Waals surface area contributed by atoms with Gasteiger partial charge in [0, 0.05) is 5.56 Å². The van der Waals surface area contributed by atoms with Crippen LogP contribution >= 0.6 is 11.6 Å². The molecule has 0 aromatic heterocycles. The van der Waals surface area contributed by atoms with Gasteiger partial charge in [0.2, 0.25) is 10.0 Å². The van der Waals surface area contributed by atoms with Crippen LogP contribution in [0.15, 0.2) is 18.2 Å². The molecule has 20 heavy (non-hydrogen) atoms. The van der Waals surface area contributed by atoms with Gasteiger partial charge in [-0.2, -0.15) is 13.2 Å². The number of amides is 1. The van der Waals surface area contributed by atoms with Crippen LogP contribution in [0.3, 0.4) is 0 Å². The van der Waals surface area contributed by atoms with E-state index in [9.17, 15) is 30.8 Å². The molecule has 0 spiro atoms. The maximum atomic E-state index is 13.1. The fourth-order valence-electron chi connectivity index (χ4n) is 1.09. The number of hydrogen-bond donors (Lipinski definition) is 1. The van der Waals surface area contributed by atoms with Crippen LogP contribution in [0.25, 0.3) is 0 Å². The molecule has 0 heterocycles. The molecule has 1 aromatic rings. The quantitative estimate of drug-likeness (QED) is 0.864. The molecule has 0 saturated carbocycles. The molecular formula is C10H8ClF4NO3S. The third-order valence-corrected chi connectivity index (χ3v) is 4.32. The first-order valence-corrected chi connectivity index (χ1v) is 6.95. The van der Waals surface area contributed by atoms with Gasteiger partial charge in [-0.1, -0.05) is 11.6 Å². The maximum Gasteiger partial charge on any atom is 0.407 e. The summed E-state index contributed by atoms with van der Waals surface area (Å²) in [5.74, 6) is -2.38. The van der Waals surface area contributed by atoms with Crippen molar-refractivity contribution in [1.82, 2.24) is 4.72 Å². The smallest absolute Gasteiger partial charge is 0.268 e. The van der Waals surface area contributed by atoms with E-state index in [1.807, 2.05) is 0 Å². The van der Waals surface area contributed by atoms with Gasteiger partial charge in [0.25, 0.3) is 5.91 Å². The van der Waals surface area contributed by atoms with Crippen molar-refractivity contribution in [2.24, 2.45) is 0 Å². The highest BCUT2D eigenvalue weighted by Crippen LogP contribution is 2.25. The molecule has 10 heteroatoms. The fraction of sp³-hybridized carbons (Fsp3) is 0.300. The minimum absolute atomic E-state index is 0.312. The van der Waals surface area contributed by atoms with Crippen LogP contribution in [0.4, 0.5) is 17.6 Å². The summed E-state index contributed by atoms with van der Waals surface area (Å²) in [5, 5.41) is -3.09. The molecule has 1 amide bonds. The molecule has 0 aliphatic carbocycles. The highest BCUT2D eigenvalue weighted by molar-refractivity contribution is 7.90. The van der Waals surface area contributed by atoms with Crippen LogP contribution in [-0.4, -0.2) is 25.8 Å². The first-order chi connectivity index (χ1) is 8.95. The monoisotopic (exact) mass is 333 g/mol. The predicted molar refractivity (Wildman–Crippen MR) is 63.3 cm³/mol. The number of carbonyl (C=O) groups excluding carboxylic acids is 1. The van der Waals surface area contributed by atoms with Crippen molar-refractivity contribution in [2.45, 2.75) is 18.3 Å². The molecule has 0 aliphatic heterocycles. The van der Waals surface area contributed by atoms with Gasteiger partial charge in [-0.25, -0.2) is 17.5 Å². The lowest BCUT2D eigenvalue weighted by molar-refractivity contribution is -0.127. The van der Waals surface area contributed by atoms with E-state index in [1.54, 1.807) is 0 Å². The van der Waals surface area contributed by atoms with Crippen molar-refractivity contribution >= 4 is 27.5 Å². The van der Waals surface area contributed by atoms with Gasteiger partial charge in [0.15, 0.2) is 5.25 Å². The van der Waals surface area contributed by atoms with E-state index in [4.69, 9.17) is 11.6 Å². The van der Waals surface area contributed by atoms with Crippen molar-refractivity contribution in [3.8, 4) is 0 Å². The van der Waals surface area contributed by atoms with Gasteiger partial charge < -0.3 is 0 Å². The number of benzene rings is 1. The standard InChI is InChI=1S/C10H8ClF4NO3S/c1-5(10(13,14)15)20(18,19)16-9(17)6-2-3-7(11)8(12)4-6/h2-5H,1H3,(H,16,17). The summed E-state index contributed by atoms with van der Waals surface area (Å²) in [6.45, 7) is 0.387. The summed E-state index contributed by atoms with van der Waals surface area (Å²) < 4.78 is 73.9. The van der Waals surface area contributed by atoms with Gasteiger partial charge in [-0.05, 0) is 25.1 Å². The lowest BCUT2D eigenvalue weighted by Gasteiger charge is -2.16. The number of alkyl halides is 3. The SMILES string of the molecule is CC(C(F)(F)F)S(=O)(=O)NC(=O)c1ccc(Cl)c(F)c1. The molecule has 112 valence electrons. The molecule has 0 saturated heterocycles. The molecule has 0 aliphatic rings. The van der Waals surface area contributed by atoms with Crippen molar-refractivity contribution in [1.29, 1.82) is 0 Å². The number of rotatable bonds is 3. The number of sulfonamides is 1. The first-order valence-electron chi connectivity index (χ1n) is 5.03. The van der Waals surface area contributed by atoms with Crippen LogP contribution in [-0.2, 0) is 10.0 Å². The van der Waals surface area contributed by atoms with Crippen LogP contribution in [0.5, 0.6) is 0 Å². The molecule has 1 rings (SSSR count). The topological polar surface area (TPSA) is 63.2 Å². The predicted octanol–water partition coefficient (Wildman–Crippen LogP) is 2.49. The zero-order valence-electron chi connectivity index (χ0n) is 9.83. The van der Waals surface area contributed by atoms with Gasteiger partial charge in [-0.15, -0.1) is 0 Å². The summed E-state index contributed by atoms with van der Waals surface area (Å²) in [7, 11) is -4.97. The van der Waals surface area contributed by atoms with E-state index in [-0.39, 0.29) is 5.02 Å². The van der Waals surface area contributed by atoms with E-state index in [0.29, 0.717) is 13.0 Å². The van der Waals surface area contributed by atoms with Crippen molar-refractivity contribution in [2.75, 3.05) is 0 Å². The highest BCUT2D eigenvalue weighted by Gasteiger charge is 2.45. The zero-order valence-corrected chi connectivity index (χ0v) is 11.4. The Bertz CT molecular complexity index is 630. The Kier molecular flexibility index (Phi) is 4.65. The van der Waals surface area contributed by atoms with E-state index in [1.165, 1.54) is 4.72 Å². The summed E-state index contributed by atoms with van der Waals surface area (Å²) in [6, 6.07) is 2.57. The first kappa shape index (κ1) is 16.7. The number of carbonyl (C=O) groups is 1. The maximum absolute atomic E-state index is 13.1. The van der Waals surface area contributed by atoms with Crippen molar-refractivity contribution in [3.05, 3.63) is 34.6 Å². The number of hydrogen-bond acceptors (Lipinski definition) is 3. The summed E-state index contributed by atoms with van der Waals surface area (Å²) in [4.78, 5) is 11.5. The molecule has 1 N–H and O–H groups in total. The Morgan fingerprint density at radius 3 is 2.35 bits per heavy atom. The Balaban J connectivity index is 2.98. The van der Waals surface area contributed by atoms with Gasteiger partial charge in [-0.3, -0.25) is 4.79 Å². The second-order valence-corrected chi connectivity index (χ2v) is 6.20. The lowest BCUT2D eigenvalue weighted by atomic mass is 10.2. The molecule has 0 radical (unpaired) electrons. The highest BCUT2D eigenvalue weighted by atomic mass is 35.5. The van der Waals surface area contributed by atoms with Crippen molar-refractivity contribution < 1.29 is 30.8 Å². The lowest BCUT2D eigenvalue weighted by Crippen LogP contribution is -2.44. The second kappa shape index (κ2) is 5.57. The minimum atomic E-state index is -5.03. The summed E-state index contributed by atoms with van der Waals surface area (Å²) in [6.07, 6.45) is -5.03. The molecule has 4 nitrogen and oxygen atoms in total. The number of halogens is 5. The summed E-state index contributed by atoms with van der Waals surface area (Å²) in [5.41, 5.74) is -0.468. The third-order valence-electron chi connectivity index (χ3n) is 2.34. The molecule has 1 atom stereocenters. The zero-order chi connectivity index (χ0) is 15.7. The third kappa shape index (κ3) is 3.83. The largest absolute Gasteiger partial charge is 0.407 e. The summed E-state index contributed by atoms with van der Waals surface area (Å²) >= 11 is 5.36. The van der Waals surface area contributed by atoms with Gasteiger partial charge in [0.05, 0.1) is 5.02 Å². The van der Waals surface area contributed by atoms with Crippen LogP contribution in [0.1, 0.15) is 17.3 Å². The van der Waals surface area contributed by atoms with Gasteiger partial charge >= 0.3 is 6.18 Å². The van der Waals surface area contributed by atoms with E-state index >= 15 is 0 Å². The van der Waals surface area contributed by atoms with Crippen molar-refractivity contribution in [3.63, 3.8) is 0 Å². The minimum Gasteiger partial charge on any atom is -0.268 e. The van der Waals surface area contributed by atoms with E-state index < -0.39 is 38.7 Å². The Hall–Kier alpha value is -1.35.